The molecule has 2 atom stereocenters. The molecule has 0 radical (unpaired) electrons. The van der Waals surface area contributed by atoms with Crippen molar-refractivity contribution in [1.29, 1.82) is 0 Å². The minimum Gasteiger partial charge on any atom is -0.356 e. The van der Waals surface area contributed by atoms with E-state index in [0.29, 0.717) is 24.5 Å². The average Bonchev–Trinajstić information content (AvgIpc) is 2.28. The lowest BCUT2D eigenvalue weighted by Crippen LogP contribution is -2.48. The van der Waals surface area contributed by atoms with Gasteiger partial charge in [-0.05, 0) is 5.92 Å². The third kappa shape index (κ3) is 1.00. The van der Waals surface area contributed by atoms with Crippen molar-refractivity contribution in [2.75, 3.05) is 7.11 Å². The van der Waals surface area contributed by atoms with E-state index < -0.39 is 0 Å². The standard InChI is InChI=1S/C9H14O3/c1-6-3-8(11-2)12-9(6)4-7(10)5-9/h6,8H,3-5H2,1-2H3/t6-,8+/m0/s1. The fourth-order valence-electron chi connectivity index (χ4n) is 2.12. The minimum absolute atomic E-state index is 0.0897. The van der Waals surface area contributed by atoms with Gasteiger partial charge >= 0.3 is 0 Å². The third-order valence-corrected chi connectivity index (χ3v) is 3.07. The second-order valence-electron chi connectivity index (χ2n) is 3.88. The molecule has 0 aromatic heterocycles. The highest BCUT2D eigenvalue weighted by atomic mass is 16.7. The van der Waals surface area contributed by atoms with E-state index in [4.69, 9.17) is 9.47 Å². The highest BCUT2D eigenvalue weighted by Crippen LogP contribution is 2.47. The fraction of sp³-hybridized carbons (Fsp3) is 0.889. The van der Waals surface area contributed by atoms with E-state index in [1.54, 1.807) is 7.11 Å². The molecule has 1 saturated carbocycles. The zero-order chi connectivity index (χ0) is 8.77. The first-order chi connectivity index (χ1) is 5.66. The largest absolute Gasteiger partial charge is 0.356 e. The van der Waals surface area contributed by atoms with Crippen LogP contribution in [0.3, 0.4) is 0 Å². The van der Waals surface area contributed by atoms with Gasteiger partial charge in [-0.25, -0.2) is 0 Å². The van der Waals surface area contributed by atoms with Gasteiger partial charge in [0.1, 0.15) is 5.78 Å². The van der Waals surface area contributed by atoms with Crippen LogP contribution in [0.15, 0.2) is 0 Å². The number of carbonyl (C=O) groups excluding carboxylic acids is 1. The van der Waals surface area contributed by atoms with Crippen LogP contribution in [0.5, 0.6) is 0 Å². The van der Waals surface area contributed by atoms with Gasteiger partial charge in [0, 0.05) is 26.4 Å². The van der Waals surface area contributed by atoms with Crippen molar-refractivity contribution >= 4 is 5.78 Å². The Morgan fingerprint density at radius 2 is 2.25 bits per heavy atom. The van der Waals surface area contributed by atoms with Gasteiger partial charge in [0.25, 0.3) is 0 Å². The Balaban J connectivity index is 2.04. The number of hydrogen-bond acceptors (Lipinski definition) is 3. The summed E-state index contributed by atoms with van der Waals surface area (Å²) in [7, 11) is 1.65. The molecular formula is C9H14O3. The molecule has 12 heavy (non-hydrogen) atoms. The second kappa shape index (κ2) is 2.54. The van der Waals surface area contributed by atoms with Crippen LogP contribution in [0.25, 0.3) is 0 Å². The summed E-state index contributed by atoms with van der Waals surface area (Å²) in [6.45, 7) is 2.13. The van der Waals surface area contributed by atoms with E-state index in [9.17, 15) is 4.79 Å². The molecule has 3 heteroatoms. The Morgan fingerprint density at radius 1 is 1.58 bits per heavy atom. The van der Waals surface area contributed by atoms with Crippen LogP contribution in [-0.2, 0) is 14.3 Å². The number of rotatable bonds is 1. The molecule has 0 bridgehead atoms. The second-order valence-corrected chi connectivity index (χ2v) is 3.88. The smallest absolute Gasteiger partial charge is 0.158 e. The van der Waals surface area contributed by atoms with E-state index in [2.05, 4.69) is 6.92 Å². The van der Waals surface area contributed by atoms with Gasteiger partial charge in [-0.2, -0.15) is 0 Å². The molecule has 0 aromatic carbocycles. The lowest BCUT2D eigenvalue weighted by Gasteiger charge is -2.39. The maximum absolute atomic E-state index is 10.9. The Morgan fingerprint density at radius 3 is 2.67 bits per heavy atom. The van der Waals surface area contributed by atoms with Gasteiger partial charge in [0.15, 0.2) is 6.29 Å². The van der Waals surface area contributed by atoms with Crippen molar-refractivity contribution < 1.29 is 14.3 Å². The maximum Gasteiger partial charge on any atom is 0.158 e. The van der Waals surface area contributed by atoms with Crippen LogP contribution < -0.4 is 0 Å². The first-order valence-electron chi connectivity index (χ1n) is 4.38. The first kappa shape index (κ1) is 8.20. The maximum atomic E-state index is 10.9. The van der Waals surface area contributed by atoms with Crippen LogP contribution in [-0.4, -0.2) is 24.8 Å². The normalized spacial score (nSPS) is 38.7. The summed E-state index contributed by atoms with van der Waals surface area (Å²) in [6, 6.07) is 0. The van der Waals surface area contributed by atoms with Crippen LogP contribution in [0.1, 0.15) is 26.2 Å². The van der Waals surface area contributed by atoms with Gasteiger partial charge in [0.2, 0.25) is 0 Å². The monoisotopic (exact) mass is 170 g/mol. The van der Waals surface area contributed by atoms with Crippen molar-refractivity contribution in [3.63, 3.8) is 0 Å². The van der Waals surface area contributed by atoms with E-state index in [0.717, 1.165) is 6.42 Å². The molecule has 1 aliphatic carbocycles. The van der Waals surface area contributed by atoms with Gasteiger partial charge < -0.3 is 9.47 Å². The summed E-state index contributed by atoms with van der Waals surface area (Å²) >= 11 is 0. The molecule has 0 unspecified atom stereocenters. The highest BCUT2D eigenvalue weighted by Gasteiger charge is 2.54. The summed E-state index contributed by atoms with van der Waals surface area (Å²) in [4.78, 5) is 10.9. The molecule has 68 valence electrons. The number of methoxy groups -OCH3 is 1. The first-order valence-corrected chi connectivity index (χ1v) is 4.38. The van der Waals surface area contributed by atoms with Crippen molar-refractivity contribution in [2.45, 2.75) is 38.1 Å². The van der Waals surface area contributed by atoms with Crippen molar-refractivity contribution in [1.82, 2.24) is 0 Å². The molecule has 1 heterocycles. The lowest BCUT2D eigenvalue weighted by atomic mass is 9.71. The third-order valence-electron chi connectivity index (χ3n) is 3.07. The Bertz CT molecular complexity index is 204. The Hall–Kier alpha value is -0.410. The van der Waals surface area contributed by atoms with Crippen LogP contribution >= 0.6 is 0 Å². The van der Waals surface area contributed by atoms with Crippen LogP contribution in [0.2, 0.25) is 0 Å². The number of ether oxygens (including phenoxy) is 2. The van der Waals surface area contributed by atoms with Crippen molar-refractivity contribution in [3.8, 4) is 0 Å². The average molecular weight is 170 g/mol. The SMILES string of the molecule is CO[C@H]1C[C@H](C)C2(CC(=O)C2)O1. The van der Waals surface area contributed by atoms with Crippen LogP contribution in [0, 0.1) is 5.92 Å². The zero-order valence-corrected chi connectivity index (χ0v) is 7.50. The summed E-state index contributed by atoms with van der Waals surface area (Å²) in [5.74, 6) is 0.777. The van der Waals surface area contributed by atoms with E-state index in [1.807, 2.05) is 0 Å². The Labute approximate surface area is 72.0 Å². The van der Waals surface area contributed by atoms with E-state index in [-0.39, 0.29) is 11.9 Å². The Kier molecular flexibility index (Phi) is 1.73. The molecule has 3 nitrogen and oxygen atoms in total. The molecule has 2 aliphatic rings. The summed E-state index contributed by atoms with van der Waals surface area (Å²) in [6.07, 6.45) is 2.01. The number of carbonyl (C=O) groups is 1. The predicted molar refractivity (Wildman–Crippen MR) is 42.6 cm³/mol. The molecule has 1 aliphatic heterocycles. The molecule has 0 amide bonds. The number of Topliss-reactive ketones (excluding diaryl/α,β-unsaturated/α-hetero) is 1. The van der Waals surface area contributed by atoms with Crippen LogP contribution in [0.4, 0.5) is 0 Å². The van der Waals surface area contributed by atoms with Crippen molar-refractivity contribution in [3.05, 3.63) is 0 Å². The summed E-state index contributed by atoms with van der Waals surface area (Å²) < 4.78 is 10.8. The molecule has 2 fully saturated rings. The fourth-order valence-corrected chi connectivity index (χ4v) is 2.12. The lowest BCUT2D eigenvalue weighted by molar-refractivity contribution is -0.188. The molecule has 0 aromatic rings. The predicted octanol–water partition coefficient (Wildman–Crippen LogP) is 1.12. The minimum atomic E-state index is -0.155. The molecule has 1 saturated heterocycles. The molecule has 1 spiro atoms. The summed E-state index contributed by atoms with van der Waals surface area (Å²) in [5.41, 5.74) is -0.155. The molecule has 0 N–H and O–H groups in total. The topological polar surface area (TPSA) is 35.5 Å². The quantitative estimate of drug-likeness (QED) is 0.591. The van der Waals surface area contributed by atoms with Gasteiger partial charge in [-0.15, -0.1) is 0 Å². The zero-order valence-electron chi connectivity index (χ0n) is 7.50. The van der Waals surface area contributed by atoms with Gasteiger partial charge in [0.05, 0.1) is 5.60 Å². The number of hydrogen-bond donors (Lipinski definition) is 0. The molecule has 2 rings (SSSR count). The molecular weight excluding hydrogens is 156 g/mol. The number of ketones is 1. The van der Waals surface area contributed by atoms with Crippen molar-refractivity contribution in [2.24, 2.45) is 5.92 Å². The van der Waals surface area contributed by atoms with E-state index >= 15 is 0 Å². The van der Waals surface area contributed by atoms with Gasteiger partial charge in [-0.1, -0.05) is 6.92 Å². The van der Waals surface area contributed by atoms with E-state index in [1.165, 1.54) is 0 Å². The highest BCUT2D eigenvalue weighted by molar-refractivity contribution is 5.87. The van der Waals surface area contributed by atoms with Gasteiger partial charge in [-0.3, -0.25) is 4.79 Å². The summed E-state index contributed by atoms with van der Waals surface area (Å²) in [5, 5.41) is 0.